The molecule has 0 bridgehead atoms. The maximum absolute atomic E-state index is 12.1. The van der Waals surface area contributed by atoms with Crippen LogP contribution >= 0.6 is 0 Å². The number of nitrogens with zero attached hydrogens (tertiary/aromatic N) is 3. The largest absolute Gasteiger partial charge is 0.306 e. The van der Waals surface area contributed by atoms with E-state index in [1.807, 2.05) is 12.1 Å². The topological polar surface area (TPSA) is 54.7 Å². The normalized spacial score (nSPS) is 16.6. The Bertz CT molecular complexity index is 713. The monoisotopic (exact) mass is 297 g/mol. The molecule has 0 atom stereocenters. The number of nitroso groups, excluding NO2 is 1. The van der Waals surface area contributed by atoms with E-state index >= 15 is 0 Å². The third-order valence-electron chi connectivity index (χ3n) is 4.39. The van der Waals surface area contributed by atoms with E-state index in [0.717, 1.165) is 18.8 Å². The molecule has 0 N–H and O–H groups in total. The Morgan fingerprint density at radius 2 is 1.77 bits per heavy atom. The standard InChI is InChI=1S/C17H19N3O2/c1-19-11-8-14(9-12-19)13-4-6-15(7-5-13)20-10-2-3-16(18-22)17(20)21/h2-7,10,14H,8-9,11-12H2,1H3. The van der Waals surface area contributed by atoms with E-state index in [-0.39, 0.29) is 11.2 Å². The van der Waals surface area contributed by atoms with E-state index < -0.39 is 0 Å². The molecule has 0 radical (unpaired) electrons. The summed E-state index contributed by atoms with van der Waals surface area (Å²) in [6, 6.07) is 11.1. The first-order chi connectivity index (χ1) is 10.7. The van der Waals surface area contributed by atoms with Crippen LogP contribution in [-0.4, -0.2) is 29.6 Å². The molecule has 0 amide bonds. The van der Waals surface area contributed by atoms with Crippen LogP contribution in [0.15, 0.2) is 52.6 Å². The highest BCUT2D eigenvalue weighted by molar-refractivity contribution is 5.41. The van der Waals surface area contributed by atoms with E-state index in [1.165, 1.54) is 29.0 Å². The van der Waals surface area contributed by atoms with Crippen molar-refractivity contribution in [1.82, 2.24) is 9.47 Å². The van der Waals surface area contributed by atoms with E-state index in [2.05, 4.69) is 29.3 Å². The Hall–Kier alpha value is -2.27. The summed E-state index contributed by atoms with van der Waals surface area (Å²) in [5.74, 6) is 0.588. The summed E-state index contributed by atoms with van der Waals surface area (Å²) >= 11 is 0. The molecule has 1 aliphatic rings. The van der Waals surface area contributed by atoms with Gasteiger partial charge in [0, 0.05) is 11.9 Å². The van der Waals surface area contributed by atoms with Gasteiger partial charge in [-0.1, -0.05) is 12.1 Å². The van der Waals surface area contributed by atoms with Crippen LogP contribution in [-0.2, 0) is 0 Å². The number of hydrogen-bond donors (Lipinski definition) is 0. The summed E-state index contributed by atoms with van der Waals surface area (Å²) in [7, 11) is 2.15. The van der Waals surface area contributed by atoms with E-state index in [0.29, 0.717) is 5.92 Å². The molecule has 5 nitrogen and oxygen atoms in total. The van der Waals surface area contributed by atoms with Gasteiger partial charge in [0.2, 0.25) is 0 Å². The lowest BCUT2D eigenvalue weighted by atomic mass is 9.89. The quantitative estimate of drug-likeness (QED) is 0.818. The molecule has 1 saturated heterocycles. The number of pyridine rings is 1. The van der Waals surface area contributed by atoms with E-state index in [9.17, 15) is 9.70 Å². The lowest BCUT2D eigenvalue weighted by Gasteiger charge is -2.29. The van der Waals surface area contributed by atoms with Gasteiger partial charge in [-0.15, -0.1) is 4.91 Å². The molecule has 1 aromatic carbocycles. The zero-order valence-electron chi connectivity index (χ0n) is 12.6. The van der Waals surface area contributed by atoms with Crippen LogP contribution in [0, 0.1) is 4.91 Å². The molecule has 22 heavy (non-hydrogen) atoms. The maximum atomic E-state index is 12.1. The average Bonchev–Trinajstić information content (AvgIpc) is 2.56. The second-order valence-electron chi connectivity index (χ2n) is 5.83. The van der Waals surface area contributed by atoms with Crippen molar-refractivity contribution in [2.75, 3.05) is 20.1 Å². The Labute approximate surface area is 129 Å². The minimum absolute atomic E-state index is 0.0677. The van der Waals surface area contributed by atoms with Crippen molar-refractivity contribution < 1.29 is 0 Å². The second kappa shape index (κ2) is 6.23. The molecule has 0 aliphatic carbocycles. The zero-order chi connectivity index (χ0) is 15.5. The SMILES string of the molecule is CN1CCC(c2ccc(-n3cccc(N=O)c3=O)cc2)CC1. The lowest BCUT2D eigenvalue weighted by molar-refractivity contribution is 0.255. The summed E-state index contributed by atoms with van der Waals surface area (Å²) in [4.78, 5) is 25.1. The zero-order valence-corrected chi connectivity index (χ0v) is 12.6. The van der Waals surface area contributed by atoms with Gasteiger partial charge in [0.15, 0.2) is 5.69 Å². The summed E-state index contributed by atoms with van der Waals surface area (Å²) in [6.45, 7) is 2.25. The second-order valence-corrected chi connectivity index (χ2v) is 5.83. The molecular formula is C17H19N3O2. The fourth-order valence-corrected chi connectivity index (χ4v) is 3.00. The van der Waals surface area contributed by atoms with Gasteiger partial charge in [-0.05, 0) is 73.9 Å². The minimum atomic E-state index is -0.385. The van der Waals surface area contributed by atoms with E-state index in [4.69, 9.17) is 0 Å². The van der Waals surface area contributed by atoms with Gasteiger partial charge in [-0.25, -0.2) is 0 Å². The summed E-state index contributed by atoms with van der Waals surface area (Å²) in [5, 5.41) is 2.77. The highest BCUT2D eigenvalue weighted by atomic mass is 16.3. The predicted octanol–water partition coefficient (Wildman–Crippen LogP) is 3.04. The molecule has 0 unspecified atom stereocenters. The van der Waals surface area contributed by atoms with Crippen molar-refractivity contribution in [3.05, 3.63) is 63.4 Å². The average molecular weight is 297 g/mol. The third-order valence-corrected chi connectivity index (χ3v) is 4.39. The fraction of sp³-hybridized carbons (Fsp3) is 0.353. The van der Waals surface area contributed by atoms with Crippen LogP contribution in [0.25, 0.3) is 5.69 Å². The van der Waals surface area contributed by atoms with Crippen LogP contribution in [0.1, 0.15) is 24.3 Å². The molecular weight excluding hydrogens is 278 g/mol. The van der Waals surface area contributed by atoms with Crippen LogP contribution in [0.3, 0.4) is 0 Å². The first-order valence-corrected chi connectivity index (χ1v) is 7.53. The highest BCUT2D eigenvalue weighted by Gasteiger charge is 2.18. The third kappa shape index (κ3) is 2.85. The van der Waals surface area contributed by atoms with Crippen molar-refractivity contribution in [3.8, 4) is 5.69 Å². The van der Waals surface area contributed by atoms with Gasteiger partial charge >= 0.3 is 0 Å². The van der Waals surface area contributed by atoms with Gasteiger partial charge in [-0.2, -0.15) is 0 Å². The molecule has 0 saturated carbocycles. The molecule has 3 rings (SSSR count). The Kier molecular flexibility index (Phi) is 4.15. The van der Waals surface area contributed by atoms with Crippen LogP contribution < -0.4 is 5.56 Å². The van der Waals surface area contributed by atoms with Gasteiger partial charge in [-0.3, -0.25) is 9.36 Å². The minimum Gasteiger partial charge on any atom is -0.306 e. The summed E-state index contributed by atoms with van der Waals surface area (Å²) < 4.78 is 1.45. The Morgan fingerprint density at radius 1 is 1.09 bits per heavy atom. The van der Waals surface area contributed by atoms with Crippen molar-refractivity contribution >= 4 is 5.69 Å². The first kappa shape index (κ1) is 14.7. The number of hydrogen-bond acceptors (Lipinski definition) is 4. The van der Waals surface area contributed by atoms with Gasteiger partial charge in [0.05, 0.1) is 0 Å². The van der Waals surface area contributed by atoms with Gasteiger partial charge < -0.3 is 4.90 Å². The van der Waals surface area contributed by atoms with Crippen LogP contribution in [0.4, 0.5) is 5.69 Å². The maximum Gasteiger partial charge on any atom is 0.284 e. The number of likely N-dealkylation sites (tertiary alicyclic amines) is 1. The van der Waals surface area contributed by atoms with Crippen LogP contribution in [0.5, 0.6) is 0 Å². The smallest absolute Gasteiger partial charge is 0.284 e. The molecule has 2 heterocycles. The molecule has 114 valence electrons. The molecule has 2 aromatic rings. The molecule has 1 aromatic heterocycles. The lowest BCUT2D eigenvalue weighted by Crippen LogP contribution is -2.29. The molecule has 5 heteroatoms. The number of benzene rings is 1. The Morgan fingerprint density at radius 3 is 2.41 bits per heavy atom. The highest BCUT2D eigenvalue weighted by Crippen LogP contribution is 2.27. The molecule has 0 spiro atoms. The predicted molar refractivity (Wildman–Crippen MR) is 87.0 cm³/mol. The molecule has 1 fully saturated rings. The van der Waals surface area contributed by atoms with Crippen molar-refractivity contribution in [1.29, 1.82) is 0 Å². The van der Waals surface area contributed by atoms with Crippen molar-refractivity contribution in [2.24, 2.45) is 5.18 Å². The van der Waals surface area contributed by atoms with E-state index in [1.54, 1.807) is 12.3 Å². The van der Waals surface area contributed by atoms with Crippen LogP contribution in [0.2, 0.25) is 0 Å². The summed E-state index contributed by atoms with van der Waals surface area (Å²) in [6.07, 6.45) is 3.99. The van der Waals surface area contributed by atoms with Crippen molar-refractivity contribution in [2.45, 2.75) is 18.8 Å². The first-order valence-electron chi connectivity index (χ1n) is 7.53. The number of aromatic nitrogens is 1. The number of piperidine rings is 1. The van der Waals surface area contributed by atoms with Gasteiger partial charge in [0.25, 0.3) is 5.56 Å². The number of rotatable bonds is 3. The Balaban J connectivity index is 1.86. The fourth-order valence-electron chi connectivity index (χ4n) is 3.00. The van der Waals surface area contributed by atoms with Crippen molar-refractivity contribution in [3.63, 3.8) is 0 Å². The van der Waals surface area contributed by atoms with Gasteiger partial charge in [0.1, 0.15) is 0 Å². The summed E-state index contributed by atoms with van der Waals surface area (Å²) in [5.41, 5.74) is 1.62. The molecule has 1 aliphatic heterocycles.